The van der Waals surface area contributed by atoms with Gasteiger partial charge in [0, 0.05) is 19.6 Å². The van der Waals surface area contributed by atoms with E-state index in [1.807, 2.05) is 35.2 Å². The first-order chi connectivity index (χ1) is 14.0. The lowest BCUT2D eigenvalue weighted by Crippen LogP contribution is -2.51. The van der Waals surface area contributed by atoms with Crippen LogP contribution in [0.3, 0.4) is 0 Å². The van der Waals surface area contributed by atoms with E-state index >= 15 is 0 Å². The van der Waals surface area contributed by atoms with Gasteiger partial charge in [-0.25, -0.2) is 4.79 Å². The largest absolute Gasteiger partial charge is 0.469 e. The van der Waals surface area contributed by atoms with E-state index in [2.05, 4.69) is 19.2 Å². The number of ether oxygens (including phenoxy) is 2. The van der Waals surface area contributed by atoms with E-state index < -0.39 is 23.8 Å². The highest BCUT2D eigenvalue weighted by molar-refractivity contribution is 5.69. The second kappa shape index (κ2) is 12.5. The number of hydrogen-bond donors (Lipinski definition) is 2. The lowest BCUT2D eigenvalue weighted by molar-refractivity contribution is -0.141. The molecule has 0 unspecified atom stereocenters. The van der Waals surface area contributed by atoms with Crippen LogP contribution in [0.5, 0.6) is 0 Å². The highest BCUT2D eigenvalue weighted by atomic mass is 16.6. The minimum atomic E-state index is -0.839. The Hall–Kier alpha value is -2.12. The zero-order valence-corrected chi connectivity index (χ0v) is 19.2. The molecular weight excluding hydrogens is 384 g/mol. The molecule has 0 saturated carbocycles. The first-order valence-electron chi connectivity index (χ1n) is 10.5. The molecule has 1 aromatic rings. The zero-order valence-electron chi connectivity index (χ0n) is 19.2. The van der Waals surface area contributed by atoms with E-state index in [1.54, 1.807) is 20.8 Å². The molecule has 1 amide bonds. The summed E-state index contributed by atoms with van der Waals surface area (Å²) in [6.45, 7) is 11.1. The van der Waals surface area contributed by atoms with Crippen molar-refractivity contribution in [1.82, 2.24) is 10.2 Å². The van der Waals surface area contributed by atoms with Crippen molar-refractivity contribution < 1.29 is 24.2 Å². The maximum Gasteiger partial charge on any atom is 0.407 e. The summed E-state index contributed by atoms with van der Waals surface area (Å²) in [5.41, 5.74) is 0.374. The van der Waals surface area contributed by atoms with Gasteiger partial charge in [0.2, 0.25) is 0 Å². The summed E-state index contributed by atoms with van der Waals surface area (Å²) in [7, 11) is 1.37. The molecule has 7 heteroatoms. The van der Waals surface area contributed by atoms with Crippen LogP contribution in [0.15, 0.2) is 30.3 Å². The number of aliphatic hydroxyl groups is 1. The van der Waals surface area contributed by atoms with Gasteiger partial charge in [0.15, 0.2) is 0 Å². The molecule has 0 radical (unpaired) electrons. The monoisotopic (exact) mass is 422 g/mol. The summed E-state index contributed by atoms with van der Waals surface area (Å²) in [5, 5.41) is 13.8. The van der Waals surface area contributed by atoms with Crippen LogP contribution in [0.4, 0.5) is 4.79 Å². The molecule has 0 heterocycles. The third kappa shape index (κ3) is 11.2. The number of benzene rings is 1. The van der Waals surface area contributed by atoms with Crippen molar-refractivity contribution in [2.45, 2.75) is 65.2 Å². The van der Waals surface area contributed by atoms with E-state index in [9.17, 15) is 14.7 Å². The Kier molecular flexibility index (Phi) is 10.8. The van der Waals surface area contributed by atoms with Crippen molar-refractivity contribution in [1.29, 1.82) is 0 Å². The van der Waals surface area contributed by atoms with E-state index in [4.69, 9.17) is 9.47 Å². The van der Waals surface area contributed by atoms with E-state index in [0.29, 0.717) is 25.4 Å². The topological polar surface area (TPSA) is 88.1 Å². The number of hydrogen-bond acceptors (Lipinski definition) is 6. The van der Waals surface area contributed by atoms with Gasteiger partial charge in [-0.3, -0.25) is 9.69 Å². The van der Waals surface area contributed by atoms with Gasteiger partial charge in [0.05, 0.1) is 25.7 Å². The summed E-state index contributed by atoms with van der Waals surface area (Å²) < 4.78 is 10.1. The predicted octanol–water partition coefficient (Wildman–Crippen LogP) is 3.00. The average molecular weight is 423 g/mol. The van der Waals surface area contributed by atoms with Gasteiger partial charge in [0.1, 0.15) is 5.60 Å². The van der Waals surface area contributed by atoms with Crippen LogP contribution in [-0.2, 0) is 20.7 Å². The summed E-state index contributed by atoms with van der Waals surface area (Å²) >= 11 is 0. The number of aliphatic hydroxyl groups excluding tert-OH is 1. The Labute approximate surface area is 180 Å². The molecule has 1 rings (SSSR count). The van der Waals surface area contributed by atoms with Crippen molar-refractivity contribution in [2.24, 2.45) is 5.92 Å². The fourth-order valence-corrected chi connectivity index (χ4v) is 3.13. The molecule has 0 aliphatic carbocycles. The Balaban J connectivity index is 2.89. The lowest BCUT2D eigenvalue weighted by atomic mass is 10.0. The zero-order chi connectivity index (χ0) is 22.7. The summed E-state index contributed by atoms with van der Waals surface area (Å²) in [4.78, 5) is 25.9. The molecule has 0 aliphatic heterocycles. The number of alkyl carbamates (subject to hydrolysis) is 1. The molecule has 170 valence electrons. The van der Waals surface area contributed by atoms with Crippen molar-refractivity contribution in [3.63, 3.8) is 0 Å². The van der Waals surface area contributed by atoms with Crippen molar-refractivity contribution >= 4 is 12.1 Å². The molecule has 0 fully saturated rings. The molecule has 0 aliphatic rings. The normalized spacial score (nSPS) is 13.8. The highest BCUT2D eigenvalue weighted by Gasteiger charge is 2.27. The van der Waals surface area contributed by atoms with Crippen molar-refractivity contribution in [3.05, 3.63) is 35.9 Å². The first-order valence-corrected chi connectivity index (χ1v) is 10.5. The number of methoxy groups -OCH3 is 1. The standard InChI is InChI=1S/C23H38N2O5/c1-17(2)15-25(13-12-21(27)29-6)16-20(26)19(14-18-10-8-7-9-11-18)24-22(28)30-23(3,4)5/h7-11,17,19-20,26H,12-16H2,1-6H3,(H,24,28)/t19-,20-/m0/s1. The SMILES string of the molecule is COC(=O)CCN(CC(C)C)C[C@H](O)[C@H](Cc1ccccc1)NC(=O)OC(C)(C)C. The maximum atomic E-state index is 12.4. The van der Waals surface area contributed by atoms with Crippen molar-refractivity contribution in [3.8, 4) is 0 Å². The summed E-state index contributed by atoms with van der Waals surface area (Å²) in [5.74, 6) is 0.0761. The first kappa shape index (κ1) is 25.9. The molecule has 7 nitrogen and oxygen atoms in total. The van der Waals surface area contributed by atoms with E-state index in [0.717, 1.165) is 12.1 Å². The number of esters is 1. The molecule has 2 atom stereocenters. The molecular formula is C23H38N2O5. The second-order valence-corrected chi connectivity index (χ2v) is 8.99. The van der Waals surface area contributed by atoms with Crippen LogP contribution in [0.2, 0.25) is 0 Å². The number of carbonyl (C=O) groups excluding carboxylic acids is 2. The Bertz CT molecular complexity index is 643. The minimum Gasteiger partial charge on any atom is -0.469 e. The van der Waals surface area contributed by atoms with Gasteiger partial charge in [0.25, 0.3) is 0 Å². The predicted molar refractivity (Wildman–Crippen MR) is 117 cm³/mol. The highest BCUT2D eigenvalue weighted by Crippen LogP contribution is 2.12. The van der Waals surface area contributed by atoms with Gasteiger partial charge in [-0.15, -0.1) is 0 Å². The number of nitrogens with one attached hydrogen (secondary N) is 1. The smallest absolute Gasteiger partial charge is 0.407 e. The van der Waals surface area contributed by atoms with Gasteiger partial charge in [-0.1, -0.05) is 44.2 Å². The lowest BCUT2D eigenvalue weighted by Gasteiger charge is -2.31. The molecule has 1 aromatic carbocycles. The number of carbonyl (C=O) groups is 2. The molecule has 0 bridgehead atoms. The molecule has 0 saturated heterocycles. The quantitative estimate of drug-likeness (QED) is 0.533. The van der Waals surface area contributed by atoms with Crippen LogP contribution in [0.25, 0.3) is 0 Å². The Morgan fingerprint density at radius 1 is 1.13 bits per heavy atom. The van der Waals surface area contributed by atoms with Gasteiger partial charge in [-0.05, 0) is 38.7 Å². The Morgan fingerprint density at radius 2 is 1.77 bits per heavy atom. The maximum absolute atomic E-state index is 12.4. The molecule has 30 heavy (non-hydrogen) atoms. The summed E-state index contributed by atoms with van der Waals surface area (Å²) in [6.07, 6.45) is -0.686. The second-order valence-electron chi connectivity index (χ2n) is 8.99. The fourth-order valence-electron chi connectivity index (χ4n) is 3.13. The molecule has 0 aromatic heterocycles. The number of rotatable bonds is 11. The minimum absolute atomic E-state index is 0.249. The van der Waals surface area contributed by atoms with Crippen LogP contribution < -0.4 is 5.32 Å². The third-order valence-corrected chi connectivity index (χ3v) is 4.39. The van der Waals surface area contributed by atoms with Crippen LogP contribution in [0, 0.1) is 5.92 Å². The fraction of sp³-hybridized carbons (Fsp3) is 0.652. The van der Waals surface area contributed by atoms with Crippen molar-refractivity contribution in [2.75, 3.05) is 26.7 Å². The van der Waals surface area contributed by atoms with Gasteiger partial charge < -0.3 is 19.9 Å². The van der Waals surface area contributed by atoms with E-state index in [-0.39, 0.29) is 12.4 Å². The van der Waals surface area contributed by atoms with Gasteiger partial charge in [-0.2, -0.15) is 0 Å². The summed E-state index contributed by atoms with van der Waals surface area (Å²) in [6, 6.07) is 9.16. The molecule has 0 spiro atoms. The number of nitrogens with zero attached hydrogens (tertiary/aromatic N) is 1. The molecule has 2 N–H and O–H groups in total. The van der Waals surface area contributed by atoms with Crippen LogP contribution in [0.1, 0.15) is 46.6 Å². The third-order valence-electron chi connectivity index (χ3n) is 4.39. The Morgan fingerprint density at radius 3 is 2.30 bits per heavy atom. The van der Waals surface area contributed by atoms with Gasteiger partial charge >= 0.3 is 12.1 Å². The van der Waals surface area contributed by atoms with Crippen LogP contribution >= 0.6 is 0 Å². The van der Waals surface area contributed by atoms with E-state index in [1.165, 1.54) is 7.11 Å². The number of amides is 1. The van der Waals surface area contributed by atoms with Crippen LogP contribution in [-0.4, -0.2) is 66.6 Å². The average Bonchev–Trinajstić information content (AvgIpc) is 2.64.